The Morgan fingerprint density at radius 3 is 3.00 bits per heavy atom. The first-order valence-electron chi connectivity index (χ1n) is 2.85. The number of aryl methyl sites for hydroxylation is 1. The lowest BCUT2D eigenvalue weighted by Crippen LogP contribution is -2.24. The highest BCUT2D eigenvalue weighted by Gasteiger charge is 1.94. The third-order valence-corrected chi connectivity index (χ3v) is 1.08. The van der Waals surface area contributed by atoms with Crippen LogP contribution in [0.5, 0.6) is 0 Å². The van der Waals surface area contributed by atoms with Gasteiger partial charge < -0.3 is 14.5 Å². The van der Waals surface area contributed by atoms with E-state index in [2.05, 4.69) is 4.98 Å². The van der Waals surface area contributed by atoms with Gasteiger partial charge in [-0.2, -0.15) is 0 Å². The van der Waals surface area contributed by atoms with Crippen molar-refractivity contribution in [1.29, 1.82) is 0 Å². The van der Waals surface area contributed by atoms with Gasteiger partial charge in [0.2, 0.25) is 0 Å². The van der Waals surface area contributed by atoms with Crippen LogP contribution < -0.4 is 5.11 Å². The molecule has 0 bridgehead atoms. The molecule has 0 aliphatic heterocycles. The summed E-state index contributed by atoms with van der Waals surface area (Å²) >= 11 is 0. The molecular formula is C6H7N2O2-. The second kappa shape index (κ2) is 2.51. The van der Waals surface area contributed by atoms with E-state index in [1.54, 1.807) is 24.1 Å². The van der Waals surface area contributed by atoms with Gasteiger partial charge in [0, 0.05) is 25.6 Å². The Morgan fingerprint density at radius 1 is 1.90 bits per heavy atom. The number of aromatic nitrogens is 2. The molecule has 0 aliphatic carbocycles. The van der Waals surface area contributed by atoms with E-state index in [4.69, 9.17) is 0 Å². The summed E-state index contributed by atoms with van der Waals surface area (Å²) in [6, 6.07) is 0. The minimum atomic E-state index is -1.10. The Hall–Kier alpha value is -1.32. The lowest BCUT2D eigenvalue weighted by molar-refractivity contribution is -0.304. The van der Waals surface area contributed by atoms with Crippen LogP contribution in [0.3, 0.4) is 0 Å². The number of rotatable bonds is 2. The summed E-state index contributed by atoms with van der Waals surface area (Å²) in [6.45, 7) is 0. The summed E-state index contributed by atoms with van der Waals surface area (Å²) in [5.74, 6) is -1.10. The number of hydrogen-bond donors (Lipinski definition) is 0. The lowest BCUT2D eigenvalue weighted by Gasteiger charge is -1.94. The van der Waals surface area contributed by atoms with Crippen LogP contribution >= 0.6 is 0 Å². The summed E-state index contributed by atoms with van der Waals surface area (Å²) < 4.78 is 1.69. The maximum Gasteiger partial charge on any atom is 0.0946 e. The van der Waals surface area contributed by atoms with Crippen LogP contribution in [-0.4, -0.2) is 15.5 Å². The first-order valence-corrected chi connectivity index (χ1v) is 2.85. The van der Waals surface area contributed by atoms with Crippen molar-refractivity contribution in [2.45, 2.75) is 6.42 Å². The van der Waals surface area contributed by atoms with Crippen LogP contribution in [0.25, 0.3) is 0 Å². The van der Waals surface area contributed by atoms with Crippen molar-refractivity contribution in [3.05, 3.63) is 18.2 Å². The van der Waals surface area contributed by atoms with Crippen molar-refractivity contribution in [2.75, 3.05) is 0 Å². The zero-order valence-electron chi connectivity index (χ0n) is 5.57. The fraction of sp³-hybridized carbons (Fsp3) is 0.333. The summed E-state index contributed by atoms with van der Waals surface area (Å²) in [5.41, 5.74) is 0.530. The van der Waals surface area contributed by atoms with Gasteiger partial charge in [-0.05, 0) is 0 Å². The van der Waals surface area contributed by atoms with E-state index in [0.717, 1.165) is 0 Å². The SMILES string of the molecule is Cn1cnc(CC(=O)[O-])c1. The molecule has 0 saturated heterocycles. The third-order valence-electron chi connectivity index (χ3n) is 1.08. The minimum absolute atomic E-state index is 0.110. The fourth-order valence-electron chi connectivity index (χ4n) is 0.706. The van der Waals surface area contributed by atoms with Crippen LogP contribution in [0.4, 0.5) is 0 Å². The molecule has 0 unspecified atom stereocenters. The van der Waals surface area contributed by atoms with Gasteiger partial charge in [0.05, 0.1) is 12.0 Å². The molecule has 1 aromatic heterocycles. The van der Waals surface area contributed by atoms with Gasteiger partial charge in [0.15, 0.2) is 0 Å². The van der Waals surface area contributed by atoms with Crippen molar-refractivity contribution >= 4 is 5.97 Å². The van der Waals surface area contributed by atoms with Crippen molar-refractivity contribution in [2.24, 2.45) is 7.05 Å². The van der Waals surface area contributed by atoms with E-state index in [1.165, 1.54) is 0 Å². The van der Waals surface area contributed by atoms with Gasteiger partial charge in [-0.1, -0.05) is 0 Å². The second-order valence-electron chi connectivity index (χ2n) is 2.08. The molecule has 0 radical (unpaired) electrons. The number of carboxylic acid groups (broad SMARTS) is 1. The van der Waals surface area contributed by atoms with E-state index in [9.17, 15) is 9.90 Å². The monoisotopic (exact) mass is 139 g/mol. The van der Waals surface area contributed by atoms with Crippen LogP contribution in [0, 0.1) is 0 Å². The first-order chi connectivity index (χ1) is 4.68. The van der Waals surface area contributed by atoms with Gasteiger partial charge in [-0.15, -0.1) is 0 Å². The number of carboxylic acids is 1. The molecule has 10 heavy (non-hydrogen) atoms. The van der Waals surface area contributed by atoms with Crippen LogP contribution in [-0.2, 0) is 18.3 Å². The molecule has 4 nitrogen and oxygen atoms in total. The summed E-state index contributed by atoms with van der Waals surface area (Å²) in [5, 5.41) is 10.0. The Bertz CT molecular complexity index is 242. The topological polar surface area (TPSA) is 58.0 Å². The molecule has 0 aliphatic rings. The number of aliphatic carboxylic acids is 1. The molecule has 4 heteroatoms. The molecule has 0 amide bonds. The van der Waals surface area contributed by atoms with Crippen molar-refractivity contribution in [3.63, 3.8) is 0 Å². The van der Waals surface area contributed by atoms with Gasteiger partial charge in [-0.3, -0.25) is 0 Å². The van der Waals surface area contributed by atoms with Crippen LogP contribution in [0.15, 0.2) is 12.5 Å². The molecule has 0 aromatic carbocycles. The molecule has 0 saturated carbocycles. The molecule has 1 rings (SSSR count). The Balaban J connectivity index is 2.67. The van der Waals surface area contributed by atoms with Gasteiger partial charge >= 0.3 is 0 Å². The molecule has 0 atom stereocenters. The molecule has 0 spiro atoms. The number of imidazole rings is 1. The van der Waals surface area contributed by atoms with Crippen molar-refractivity contribution < 1.29 is 9.90 Å². The first kappa shape index (κ1) is 6.80. The van der Waals surface area contributed by atoms with Crippen LogP contribution in [0.1, 0.15) is 5.69 Å². The Labute approximate surface area is 58.1 Å². The standard InChI is InChI=1S/C6H8N2O2/c1-8-3-5(7-4-8)2-6(9)10/h3-4H,2H2,1H3,(H,9,10)/p-1. The highest BCUT2D eigenvalue weighted by atomic mass is 16.4. The van der Waals surface area contributed by atoms with Crippen molar-refractivity contribution in [3.8, 4) is 0 Å². The number of carbonyl (C=O) groups excluding carboxylic acids is 1. The second-order valence-corrected chi connectivity index (χ2v) is 2.08. The van der Waals surface area contributed by atoms with Gasteiger partial charge in [0.1, 0.15) is 0 Å². The quantitative estimate of drug-likeness (QED) is 0.512. The molecule has 54 valence electrons. The summed E-state index contributed by atoms with van der Waals surface area (Å²) in [6.07, 6.45) is 3.09. The zero-order valence-corrected chi connectivity index (χ0v) is 5.57. The fourth-order valence-corrected chi connectivity index (χ4v) is 0.706. The largest absolute Gasteiger partial charge is 0.550 e. The molecule has 0 N–H and O–H groups in total. The maximum atomic E-state index is 10.0. The number of nitrogens with zero attached hydrogens (tertiary/aromatic N) is 2. The summed E-state index contributed by atoms with van der Waals surface area (Å²) in [7, 11) is 1.78. The lowest BCUT2D eigenvalue weighted by atomic mass is 10.3. The van der Waals surface area contributed by atoms with Crippen molar-refractivity contribution in [1.82, 2.24) is 9.55 Å². The van der Waals surface area contributed by atoms with Gasteiger partial charge in [-0.25, -0.2) is 4.98 Å². The minimum Gasteiger partial charge on any atom is -0.550 e. The molecule has 0 fully saturated rings. The van der Waals surface area contributed by atoms with Gasteiger partial charge in [0.25, 0.3) is 0 Å². The predicted molar refractivity (Wildman–Crippen MR) is 31.9 cm³/mol. The normalized spacial score (nSPS) is 9.70. The van der Waals surface area contributed by atoms with E-state index in [-0.39, 0.29) is 6.42 Å². The van der Waals surface area contributed by atoms with Crippen LogP contribution in [0.2, 0.25) is 0 Å². The molecule has 1 aromatic rings. The molecular weight excluding hydrogens is 132 g/mol. The maximum absolute atomic E-state index is 10.0. The van der Waals surface area contributed by atoms with E-state index in [1.807, 2.05) is 0 Å². The van der Waals surface area contributed by atoms with E-state index < -0.39 is 5.97 Å². The highest BCUT2D eigenvalue weighted by molar-refractivity contribution is 5.67. The number of hydrogen-bond acceptors (Lipinski definition) is 3. The smallest absolute Gasteiger partial charge is 0.0946 e. The Kier molecular flexibility index (Phi) is 1.71. The highest BCUT2D eigenvalue weighted by Crippen LogP contribution is 1.93. The van der Waals surface area contributed by atoms with E-state index >= 15 is 0 Å². The number of carbonyl (C=O) groups is 1. The third kappa shape index (κ3) is 1.58. The van der Waals surface area contributed by atoms with E-state index in [0.29, 0.717) is 5.69 Å². The predicted octanol–water partition coefficient (Wildman–Crippen LogP) is -1.29. The summed E-state index contributed by atoms with van der Waals surface area (Å²) in [4.78, 5) is 13.8. The zero-order chi connectivity index (χ0) is 7.56. The molecule has 1 heterocycles. The Morgan fingerprint density at radius 2 is 2.60 bits per heavy atom. The average Bonchev–Trinajstić information content (AvgIpc) is 2.13. The average molecular weight is 139 g/mol.